The molecule has 0 saturated heterocycles. The fraction of sp³-hybridized carbons (Fsp3) is 0.727. The fourth-order valence-electron chi connectivity index (χ4n) is 1.19. The molecule has 0 aromatic carbocycles. The second-order valence-electron chi connectivity index (χ2n) is 4.77. The summed E-state index contributed by atoms with van der Waals surface area (Å²) in [6, 6.07) is -0.952. The van der Waals surface area contributed by atoms with Crippen LogP contribution in [0.4, 0.5) is 0 Å². The minimum atomic E-state index is -1.06. The molecule has 0 saturated carbocycles. The summed E-state index contributed by atoms with van der Waals surface area (Å²) in [6.07, 6.45) is 0. The first-order valence-electron chi connectivity index (χ1n) is 5.91. The van der Waals surface area contributed by atoms with Crippen molar-refractivity contribution in [2.24, 2.45) is 5.41 Å². The molecule has 0 aliphatic rings. The molecule has 0 radical (unpaired) electrons. The third kappa shape index (κ3) is 7.97. The van der Waals surface area contributed by atoms with E-state index in [-0.39, 0.29) is 17.5 Å². The van der Waals surface area contributed by atoms with Crippen LogP contribution in [-0.4, -0.2) is 53.1 Å². The Kier molecular flexibility index (Phi) is 8.44. The molecule has 1 atom stereocenters. The minimum absolute atomic E-state index is 0.0191. The molecule has 2 N–H and O–H groups in total. The zero-order valence-corrected chi connectivity index (χ0v) is 13.1. The van der Waals surface area contributed by atoms with Crippen molar-refractivity contribution in [3.05, 3.63) is 5.21 Å². The van der Waals surface area contributed by atoms with Gasteiger partial charge in [-0.1, -0.05) is 11.8 Å². The van der Waals surface area contributed by atoms with Gasteiger partial charge in [-0.05, 0) is 13.8 Å². The highest BCUT2D eigenvalue weighted by Gasteiger charge is 2.31. The van der Waals surface area contributed by atoms with Crippen molar-refractivity contribution < 1.29 is 29.2 Å². The molecule has 0 unspecified atom stereocenters. The van der Waals surface area contributed by atoms with Crippen molar-refractivity contribution in [2.45, 2.75) is 26.8 Å². The fourth-order valence-corrected chi connectivity index (χ4v) is 2.17. The molecule has 1 amide bonds. The lowest BCUT2D eigenvalue weighted by atomic mass is 9.97. The first-order chi connectivity index (χ1) is 9.60. The third-order valence-electron chi connectivity index (χ3n) is 2.33. The van der Waals surface area contributed by atoms with Gasteiger partial charge in [-0.2, -0.15) is 0 Å². The number of amides is 1. The Hall–Kier alpha value is -1.20. The molecular formula is C11H19N2O7S-. The van der Waals surface area contributed by atoms with Crippen LogP contribution >= 0.6 is 11.8 Å². The maximum atomic E-state index is 12.0. The standard InChI is InChI=1S/C11H19N2O7S/c1-7(14)12-8(9(15)19-4)5-21-10(16)11(2,3)6-20-13(17)18/h8,17H,5-6H2,1-4H3,(H,12,14)/q-1/t8-/m0/s1. The summed E-state index contributed by atoms with van der Waals surface area (Å²) in [5, 5.41) is 19.9. The molecule has 0 rings (SSSR count). The second-order valence-corrected chi connectivity index (χ2v) is 5.76. The van der Waals surface area contributed by atoms with Crippen molar-refractivity contribution in [3.63, 3.8) is 0 Å². The number of methoxy groups -OCH3 is 1. The molecule has 0 aromatic heterocycles. The summed E-state index contributed by atoms with van der Waals surface area (Å²) in [7, 11) is 1.17. The first-order valence-corrected chi connectivity index (χ1v) is 6.90. The van der Waals surface area contributed by atoms with E-state index in [0.29, 0.717) is 0 Å². The van der Waals surface area contributed by atoms with Gasteiger partial charge in [0.25, 0.3) is 0 Å². The lowest BCUT2D eigenvalue weighted by molar-refractivity contribution is -0.313. The predicted octanol–water partition coefficient (Wildman–Crippen LogP) is 0.0707. The van der Waals surface area contributed by atoms with Crippen LogP contribution in [0, 0.1) is 10.6 Å². The average Bonchev–Trinajstić information content (AvgIpc) is 2.39. The van der Waals surface area contributed by atoms with Gasteiger partial charge in [0, 0.05) is 12.7 Å². The van der Waals surface area contributed by atoms with Gasteiger partial charge in [-0.25, -0.2) is 4.79 Å². The number of hydrogen-bond donors (Lipinski definition) is 2. The Balaban J connectivity index is 4.53. The van der Waals surface area contributed by atoms with Crippen molar-refractivity contribution in [3.8, 4) is 0 Å². The first kappa shape index (κ1) is 19.8. The number of carbonyl (C=O) groups is 3. The molecule has 0 spiro atoms. The van der Waals surface area contributed by atoms with Crippen molar-refractivity contribution >= 4 is 28.8 Å². The maximum absolute atomic E-state index is 12.0. The lowest BCUT2D eigenvalue weighted by Crippen LogP contribution is -2.43. The number of carbonyl (C=O) groups excluding carboxylic acids is 3. The molecule has 10 heteroatoms. The SMILES string of the molecule is COC(=O)[C@H](CSC(=O)C(C)(C)CON([O-])O)NC(C)=O. The molecule has 0 aliphatic heterocycles. The van der Waals surface area contributed by atoms with Gasteiger partial charge in [-0.15, -0.1) is 5.39 Å². The predicted molar refractivity (Wildman–Crippen MR) is 73.8 cm³/mol. The van der Waals surface area contributed by atoms with Gasteiger partial charge in [-0.3, -0.25) is 14.4 Å². The smallest absolute Gasteiger partial charge is 0.329 e. The van der Waals surface area contributed by atoms with Crippen molar-refractivity contribution in [1.82, 2.24) is 10.7 Å². The van der Waals surface area contributed by atoms with E-state index in [4.69, 9.17) is 5.21 Å². The molecule has 0 aromatic rings. The monoisotopic (exact) mass is 323 g/mol. The van der Waals surface area contributed by atoms with Crippen LogP contribution in [0.15, 0.2) is 0 Å². The minimum Gasteiger partial charge on any atom is -0.738 e. The quantitative estimate of drug-likeness (QED) is 0.471. The van der Waals surface area contributed by atoms with Crippen LogP contribution in [0.25, 0.3) is 0 Å². The highest BCUT2D eigenvalue weighted by Crippen LogP contribution is 2.25. The summed E-state index contributed by atoms with van der Waals surface area (Å²) < 4.78 is 4.53. The number of hydrogen-bond acceptors (Lipinski definition) is 9. The van der Waals surface area contributed by atoms with Crippen LogP contribution in [0.5, 0.6) is 0 Å². The van der Waals surface area contributed by atoms with Gasteiger partial charge in [0.15, 0.2) is 5.12 Å². The van der Waals surface area contributed by atoms with Gasteiger partial charge in [0.05, 0.1) is 19.1 Å². The van der Waals surface area contributed by atoms with Crippen LogP contribution in [0.1, 0.15) is 20.8 Å². The molecule has 0 bridgehead atoms. The van der Waals surface area contributed by atoms with Crippen LogP contribution in [0.2, 0.25) is 0 Å². The Morgan fingerprint density at radius 2 is 2.00 bits per heavy atom. The van der Waals surface area contributed by atoms with E-state index >= 15 is 0 Å². The van der Waals surface area contributed by atoms with Crippen LogP contribution in [-0.2, 0) is 24.0 Å². The van der Waals surface area contributed by atoms with Crippen LogP contribution in [0.3, 0.4) is 0 Å². The number of nitrogens with zero attached hydrogens (tertiary/aromatic N) is 1. The number of rotatable bonds is 8. The maximum Gasteiger partial charge on any atom is 0.329 e. The Morgan fingerprint density at radius 1 is 1.43 bits per heavy atom. The van der Waals surface area contributed by atoms with Crippen molar-refractivity contribution in [1.29, 1.82) is 0 Å². The lowest BCUT2D eigenvalue weighted by Gasteiger charge is -2.27. The summed E-state index contributed by atoms with van der Waals surface area (Å²) >= 11 is 0.792. The normalized spacial score (nSPS) is 12.9. The van der Waals surface area contributed by atoms with E-state index in [2.05, 4.69) is 14.9 Å². The summed E-state index contributed by atoms with van der Waals surface area (Å²) in [6.45, 7) is 3.93. The highest BCUT2D eigenvalue weighted by atomic mass is 32.2. The Bertz CT molecular complexity index is 387. The van der Waals surface area contributed by atoms with E-state index in [9.17, 15) is 19.6 Å². The van der Waals surface area contributed by atoms with Gasteiger partial charge >= 0.3 is 5.97 Å². The average molecular weight is 323 g/mol. The van der Waals surface area contributed by atoms with E-state index in [1.165, 1.54) is 27.9 Å². The zero-order chi connectivity index (χ0) is 16.6. The van der Waals surface area contributed by atoms with E-state index < -0.39 is 28.7 Å². The molecule has 0 heterocycles. The largest absolute Gasteiger partial charge is 0.738 e. The molecule has 0 fully saturated rings. The number of esters is 1. The van der Waals surface area contributed by atoms with Crippen molar-refractivity contribution in [2.75, 3.05) is 19.5 Å². The second kappa shape index (κ2) is 8.95. The van der Waals surface area contributed by atoms with E-state index in [1.807, 2.05) is 0 Å². The molecule has 21 heavy (non-hydrogen) atoms. The Labute approximate surface area is 126 Å². The number of ether oxygens (including phenoxy) is 1. The van der Waals surface area contributed by atoms with E-state index in [0.717, 1.165) is 11.8 Å². The zero-order valence-electron chi connectivity index (χ0n) is 12.2. The Morgan fingerprint density at radius 3 is 2.43 bits per heavy atom. The number of thioether (sulfide) groups is 1. The topological polar surface area (TPSA) is 128 Å². The molecule has 9 nitrogen and oxygen atoms in total. The number of nitrogens with one attached hydrogen (secondary N) is 1. The van der Waals surface area contributed by atoms with E-state index in [1.54, 1.807) is 0 Å². The summed E-state index contributed by atoms with van der Waals surface area (Å²) in [4.78, 5) is 38.7. The molecule has 122 valence electrons. The third-order valence-corrected chi connectivity index (χ3v) is 3.65. The highest BCUT2D eigenvalue weighted by molar-refractivity contribution is 8.13. The molecular weight excluding hydrogens is 304 g/mol. The van der Waals surface area contributed by atoms with Gasteiger partial charge in [0.2, 0.25) is 5.91 Å². The summed E-state index contributed by atoms with van der Waals surface area (Å²) in [5.74, 6) is -1.11. The van der Waals surface area contributed by atoms with Gasteiger partial charge in [0.1, 0.15) is 6.04 Å². The van der Waals surface area contributed by atoms with Gasteiger partial charge < -0.3 is 20.5 Å². The van der Waals surface area contributed by atoms with Crippen LogP contribution < -0.4 is 5.32 Å². The summed E-state index contributed by atoms with van der Waals surface area (Å²) in [5.41, 5.74) is -1.06. The molecule has 0 aliphatic carbocycles.